The molecule has 0 aliphatic heterocycles. The monoisotopic (exact) mass is 374 g/mol. The van der Waals surface area contributed by atoms with Crippen molar-refractivity contribution in [3.05, 3.63) is 59.7 Å². The Hall–Kier alpha value is -2.49. The Bertz CT molecular complexity index is 653. The van der Waals surface area contributed by atoms with Crippen molar-refractivity contribution in [1.82, 2.24) is 0 Å². The average Bonchev–Trinajstić information content (AvgIpc) is 2.55. The van der Waals surface area contributed by atoms with E-state index < -0.39 is 6.16 Å². The highest BCUT2D eigenvalue weighted by Gasteiger charge is 2.23. The third-order valence-corrected chi connectivity index (χ3v) is 3.37. The molecule has 0 fully saturated rings. The maximum absolute atomic E-state index is 10.5. The molecular formula is C23H34O4. The van der Waals surface area contributed by atoms with E-state index in [1.54, 1.807) is 24.3 Å². The minimum absolute atomic E-state index is 0.231. The molecule has 0 amide bonds. The fourth-order valence-electron chi connectivity index (χ4n) is 2.09. The smallest absolute Gasteiger partial charge is 0.508 e. The van der Waals surface area contributed by atoms with Gasteiger partial charge in [0.05, 0.1) is 0 Å². The zero-order chi connectivity index (χ0) is 21.0. The molecule has 0 unspecified atom stereocenters. The number of aromatic hydroxyl groups is 1. The van der Waals surface area contributed by atoms with Crippen LogP contribution in [0.15, 0.2) is 48.5 Å². The van der Waals surface area contributed by atoms with Gasteiger partial charge in [-0.2, -0.15) is 0 Å². The summed E-state index contributed by atoms with van der Waals surface area (Å²) in [5.74, 6) is 1.36. The Morgan fingerprint density at radius 1 is 0.926 bits per heavy atom. The van der Waals surface area contributed by atoms with Gasteiger partial charge < -0.3 is 14.9 Å². The highest BCUT2D eigenvalue weighted by Crippen LogP contribution is 2.33. The molecule has 150 valence electrons. The van der Waals surface area contributed by atoms with Crippen LogP contribution in [0.5, 0.6) is 11.5 Å². The van der Waals surface area contributed by atoms with E-state index in [4.69, 9.17) is 5.11 Å². The van der Waals surface area contributed by atoms with E-state index >= 15 is 0 Å². The Morgan fingerprint density at radius 3 is 1.59 bits per heavy atom. The van der Waals surface area contributed by atoms with E-state index in [0.29, 0.717) is 5.75 Å². The van der Waals surface area contributed by atoms with Crippen LogP contribution < -0.4 is 4.74 Å². The van der Waals surface area contributed by atoms with Gasteiger partial charge in [-0.3, -0.25) is 0 Å². The quantitative estimate of drug-likeness (QED) is 0.455. The van der Waals surface area contributed by atoms with Crippen molar-refractivity contribution in [1.29, 1.82) is 0 Å². The second-order valence-electron chi connectivity index (χ2n) is 7.50. The first-order valence-electron chi connectivity index (χ1n) is 9.35. The van der Waals surface area contributed by atoms with Crippen LogP contribution in [0.25, 0.3) is 0 Å². The third-order valence-electron chi connectivity index (χ3n) is 3.37. The molecule has 0 bridgehead atoms. The van der Waals surface area contributed by atoms with E-state index in [2.05, 4.69) is 53.2 Å². The van der Waals surface area contributed by atoms with Gasteiger partial charge in [-0.15, -0.1) is 0 Å². The number of phenols is 1. The molecule has 2 aromatic rings. The zero-order valence-electron chi connectivity index (χ0n) is 17.6. The summed E-state index contributed by atoms with van der Waals surface area (Å²) < 4.78 is 4.59. The maximum atomic E-state index is 10.5. The number of hydrogen-bond acceptors (Lipinski definition) is 3. The Morgan fingerprint density at radius 2 is 1.26 bits per heavy atom. The molecule has 0 aliphatic carbocycles. The van der Waals surface area contributed by atoms with Crippen molar-refractivity contribution in [2.75, 3.05) is 0 Å². The fourth-order valence-corrected chi connectivity index (χ4v) is 2.09. The van der Waals surface area contributed by atoms with Gasteiger partial charge in [0.15, 0.2) is 0 Å². The van der Waals surface area contributed by atoms with Crippen LogP contribution in [0, 0.1) is 5.92 Å². The van der Waals surface area contributed by atoms with Crippen molar-refractivity contribution in [2.24, 2.45) is 5.92 Å². The van der Waals surface area contributed by atoms with Gasteiger partial charge in [-0.25, -0.2) is 4.79 Å². The number of carboxylic acid groups (broad SMARTS) is 1. The standard InChI is InChI=1S/C16H16O4.C4H10.C3H8/c1-16(2,11-3-7-13(17)8-4-11)12-5-9-14(10-6-12)20-15(18)19;1-4(2)3;1-3-2/h3-10,17H,1-2H3,(H,18,19);4H,1-3H3;3H2,1-2H3. The second-order valence-corrected chi connectivity index (χ2v) is 7.50. The molecule has 0 aromatic heterocycles. The predicted octanol–water partition coefficient (Wildman–Crippen LogP) is 6.85. The lowest BCUT2D eigenvalue weighted by molar-refractivity contribution is 0.144. The van der Waals surface area contributed by atoms with Gasteiger partial charge in [0.2, 0.25) is 0 Å². The molecule has 2 N–H and O–H groups in total. The summed E-state index contributed by atoms with van der Waals surface area (Å²) in [5.41, 5.74) is 1.83. The summed E-state index contributed by atoms with van der Waals surface area (Å²) in [5, 5.41) is 17.9. The molecule has 2 aromatic carbocycles. The number of phenolic OH excluding ortho intramolecular Hbond substituents is 1. The van der Waals surface area contributed by atoms with Crippen molar-refractivity contribution in [3.8, 4) is 11.5 Å². The lowest BCUT2D eigenvalue weighted by Gasteiger charge is -2.26. The summed E-state index contributed by atoms with van der Waals surface area (Å²) in [6.45, 7) is 14.9. The lowest BCUT2D eigenvalue weighted by Crippen LogP contribution is -2.18. The van der Waals surface area contributed by atoms with Crippen molar-refractivity contribution in [2.45, 2.75) is 60.3 Å². The molecule has 0 saturated heterocycles. The summed E-state index contributed by atoms with van der Waals surface area (Å²) in [6, 6.07) is 14.0. The number of hydrogen-bond donors (Lipinski definition) is 2. The van der Waals surface area contributed by atoms with Crippen molar-refractivity contribution >= 4 is 6.16 Å². The lowest BCUT2D eigenvalue weighted by atomic mass is 9.78. The van der Waals surface area contributed by atoms with Gasteiger partial charge in [0.1, 0.15) is 11.5 Å². The van der Waals surface area contributed by atoms with E-state index in [1.807, 2.05) is 24.3 Å². The normalized spacial score (nSPS) is 10.2. The predicted molar refractivity (Wildman–Crippen MR) is 112 cm³/mol. The number of carbonyl (C=O) groups is 1. The summed E-state index contributed by atoms with van der Waals surface area (Å²) >= 11 is 0. The first kappa shape index (κ1) is 24.5. The highest BCUT2D eigenvalue weighted by atomic mass is 16.7. The second kappa shape index (κ2) is 12.0. The molecule has 0 atom stereocenters. The minimum Gasteiger partial charge on any atom is -0.508 e. The Kier molecular flexibility index (Phi) is 10.9. The van der Waals surface area contributed by atoms with Crippen LogP contribution in [-0.4, -0.2) is 16.4 Å². The first-order chi connectivity index (χ1) is 12.5. The van der Waals surface area contributed by atoms with Crippen LogP contribution in [0.4, 0.5) is 4.79 Å². The maximum Gasteiger partial charge on any atom is 0.511 e. The molecule has 0 spiro atoms. The molecule has 0 radical (unpaired) electrons. The highest BCUT2D eigenvalue weighted by molar-refractivity contribution is 5.61. The zero-order valence-corrected chi connectivity index (χ0v) is 17.6. The molecular weight excluding hydrogens is 340 g/mol. The SMILES string of the molecule is CC(C)(c1ccc(O)cc1)c1ccc(OC(=O)O)cc1.CC(C)C.CCC. The van der Waals surface area contributed by atoms with Gasteiger partial charge in [0, 0.05) is 5.41 Å². The molecule has 0 aliphatic rings. The van der Waals surface area contributed by atoms with Gasteiger partial charge in [-0.1, -0.05) is 79.2 Å². The molecule has 4 heteroatoms. The summed E-state index contributed by atoms with van der Waals surface area (Å²) in [7, 11) is 0. The summed E-state index contributed by atoms with van der Waals surface area (Å²) in [4.78, 5) is 10.5. The molecule has 2 rings (SSSR count). The number of ether oxygens (including phenoxy) is 1. The topological polar surface area (TPSA) is 66.8 Å². The van der Waals surface area contributed by atoms with Crippen LogP contribution in [0.1, 0.15) is 66.0 Å². The molecule has 0 saturated carbocycles. The molecule has 4 nitrogen and oxygen atoms in total. The summed E-state index contributed by atoms with van der Waals surface area (Å²) in [6.07, 6.45) is -0.0736. The van der Waals surface area contributed by atoms with Crippen LogP contribution >= 0.6 is 0 Å². The van der Waals surface area contributed by atoms with Crippen molar-refractivity contribution < 1.29 is 19.7 Å². The van der Waals surface area contributed by atoms with Gasteiger partial charge >= 0.3 is 6.16 Å². The number of benzene rings is 2. The third kappa shape index (κ3) is 9.69. The van der Waals surface area contributed by atoms with Gasteiger partial charge in [-0.05, 0) is 41.3 Å². The largest absolute Gasteiger partial charge is 0.511 e. The van der Waals surface area contributed by atoms with E-state index in [0.717, 1.165) is 17.0 Å². The van der Waals surface area contributed by atoms with E-state index in [1.165, 1.54) is 6.42 Å². The van der Waals surface area contributed by atoms with E-state index in [-0.39, 0.29) is 11.2 Å². The van der Waals surface area contributed by atoms with Crippen molar-refractivity contribution in [3.63, 3.8) is 0 Å². The van der Waals surface area contributed by atoms with Crippen LogP contribution in [-0.2, 0) is 5.41 Å². The molecule has 0 heterocycles. The minimum atomic E-state index is -1.32. The van der Waals surface area contributed by atoms with Crippen LogP contribution in [0.3, 0.4) is 0 Å². The van der Waals surface area contributed by atoms with E-state index in [9.17, 15) is 9.90 Å². The number of rotatable bonds is 3. The fraction of sp³-hybridized carbons (Fsp3) is 0.435. The van der Waals surface area contributed by atoms with Crippen LogP contribution in [0.2, 0.25) is 0 Å². The van der Waals surface area contributed by atoms with Gasteiger partial charge in [0.25, 0.3) is 0 Å². The first-order valence-corrected chi connectivity index (χ1v) is 9.35. The average molecular weight is 375 g/mol. The Labute approximate surface area is 163 Å². The Balaban J connectivity index is 0.000000836. The molecule has 27 heavy (non-hydrogen) atoms.